The van der Waals surface area contributed by atoms with Crippen molar-refractivity contribution in [2.75, 3.05) is 26.9 Å². The van der Waals surface area contributed by atoms with Crippen LogP contribution in [0, 0.1) is 5.82 Å². The van der Waals surface area contributed by atoms with Crippen LogP contribution in [-0.2, 0) is 9.84 Å². The first-order valence-electron chi connectivity index (χ1n) is 7.79. The zero-order valence-electron chi connectivity index (χ0n) is 14.7. The summed E-state index contributed by atoms with van der Waals surface area (Å²) in [7, 11) is 0.107. The number of carbonyl (C=O) groups excluding carboxylic acids is 1. The number of sulfone groups is 1. The van der Waals surface area contributed by atoms with Crippen molar-refractivity contribution in [3.63, 3.8) is 0 Å². The highest BCUT2D eigenvalue weighted by Gasteiger charge is 2.19. The molecular weight excluding hydrogens is 379 g/mol. The summed E-state index contributed by atoms with van der Waals surface area (Å²) < 4.78 is 37.0. The highest BCUT2D eigenvalue weighted by molar-refractivity contribution is 7.90. The lowest BCUT2D eigenvalue weighted by molar-refractivity contribution is 0.0941. The number of carbonyl (C=O) groups is 1. The van der Waals surface area contributed by atoms with E-state index in [1.54, 1.807) is 12.1 Å². The first-order valence-corrected chi connectivity index (χ1v) is 10.1. The fourth-order valence-corrected chi connectivity index (χ4v) is 3.83. The van der Waals surface area contributed by atoms with Crippen molar-refractivity contribution in [1.29, 1.82) is 0 Å². The molecule has 1 amide bonds. The van der Waals surface area contributed by atoms with Crippen LogP contribution in [-0.4, -0.2) is 46.1 Å². The van der Waals surface area contributed by atoms with Crippen LogP contribution >= 0.6 is 11.6 Å². The Bertz CT molecular complexity index is 916. The number of amides is 1. The average Bonchev–Trinajstić information content (AvgIpc) is 2.54. The summed E-state index contributed by atoms with van der Waals surface area (Å²) in [6.45, 7) is 0.228. The highest BCUT2D eigenvalue weighted by Crippen LogP contribution is 2.23. The van der Waals surface area contributed by atoms with Gasteiger partial charge in [-0.15, -0.1) is 0 Å². The van der Waals surface area contributed by atoms with Crippen molar-refractivity contribution in [2.45, 2.75) is 10.9 Å². The molecule has 0 saturated carbocycles. The van der Waals surface area contributed by atoms with E-state index in [4.69, 9.17) is 11.6 Å². The number of rotatable bonds is 6. The quantitative estimate of drug-likeness (QED) is 0.812. The van der Waals surface area contributed by atoms with E-state index in [1.807, 2.05) is 19.0 Å². The normalized spacial score (nSPS) is 12.8. The summed E-state index contributed by atoms with van der Waals surface area (Å²) in [5, 5.41) is 2.82. The maximum Gasteiger partial charge on any atom is 0.251 e. The Labute approximate surface area is 157 Å². The zero-order valence-corrected chi connectivity index (χ0v) is 16.2. The van der Waals surface area contributed by atoms with Gasteiger partial charge in [-0.3, -0.25) is 4.79 Å². The molecule has 0 radical (unpaired) electrons. The van der Waals surface area contributed by atoms with E-state index in [2.05, 4.69) is 5.32 Å². The van der Waals surface area contributed by atoms with Crippen LogP contribution in [0.2, 0.25) is 5.02 Å². The lowest BCUT2D eigenvalue weighted by atomic mass is 10.1. The van der Waals surface area contributed by atoms with E-state index in [0.717, 1.165) is 11.8 Å². The van der Waals surface area contributed by atoms with Crippen LogP contribution < -0.4 is 5.32 Å². The van der Waals surface area contributed by atoms with E-state index < -0.39 is 15.7 Å². The third kappa shape index (κ3) is 5.03. The average molecular weight is 399 g/mol. The predicted octanol–water partition coefficient (Wildman–Crippen LogP) is 2.92. The second-order valence-corrected chi connectivity index (χ2v) is 8.55. The number of benzene rings is 2. The number of hydrogen-bond donors (Lipinski definition) is 1. The van der Waals surface area contributed by atoms with E-state index in [0.29, 0.717) is 0 Å². The Balaban J connectivity index is 2.19. The first-order chi connectivity index (χ1) is 12.1. The second kappa shape index (κ2) is 8.16. The van der Waals surface area contributed by atoms with Crippen LogP contribution in [0.3, 0.4) is 0 Å². The van der Waals surface area contributed by atoms with Crippen LogP contribution in [0.25, 0.3) is 0 Å². The number of halogens is 2. The molecule has 26 heavy (non-hydrogen) atoms. The van der Waals surface area contributed by atoms with Gasteiger partial charge in [0.2, 0.25) is 0 Å². The minimum absolute atomic E-state index is 0.0648. The molecule has 1 atom stereocenters. The molecule has 0 aliphatic heterocycles. The summed E-state index contributed by atoms with van der Waals surface area (Å²) in [4.78, 5) is 14.2. The summed E-state index contributed by atoms with van der Waals surface area (Å²) in [5.41, 5.74) is 0.912. The summed E-state index contributed by atoms with van der Waals surface area (Å²) in [5.74, 6) is -0.786. The van der Waals surface area contributed by atoms with Gasteiger partial charge in [0, 0.05) is 18.4 Å². The monoisotopic (exact) mass is 398 g/mol. The van der Waals surface area contributed by atoms with Crippen LogP contribution in [0.15, 0.2) is 47.4 Å². The summed E-state index contributed by atoms with van der Waals surface area (Å²) in [6, 6.07) is 10.0. The van der Waals surface area contributed by atoms with Crippen molar-refractivity contribution in [1.82, 2.24) is 10.2 Å². The molecule has 0 bridgehead atoms. The minimum atomic E-state index is -3.54. The maximum atomic E-state index is 13.5. The SMILES string of the molecule is CN(C)C(CNC(=O)c1ccc(Cl)c(S(C)(=O)=O)c1)c1cccc(F)c1. The fourth-order valence-electron chi connectivity index (χ4n) is 2.53. The van der Waals surface area contributed by atoms with E-state index >= 15 is 0 Å². The van der Waals surface area contributed by atoms with Crippen molar-refractivity contribution < 1.29 is 17.6 Å². The summed E-state index contributed by atoms with van der Waals surface area (Å²) in [6.07, 6.45) is 1.03. The van der Waals surface area contributed by atoms with Gasteiger partial charge in [0.25, 0.3) is 5.91 Å². The van der Waals surface area contributed by atoms with Crippen molar-refractivity contribution in [2.24, 2.45) is 0 Å². The van der Waals surface area contributed by atoms with Gasteiger partial charge in [-0.05, 0) is 50.0 Å². The predicted molar refractivity (Wildman–Crippen MR) is 99.7 cm³/mol. The van der Waals surface area contributed by atoms with Gasteiger partial charge >= 0.3 is 0 Å². The minimum Gasteiger partial charge on any atom is -0.350 e. The molecule has 0 heterocycles. The Morgan fingerprint density at radius 1 is 1.23 bits per heavy atom. The van der Waals surface area contributed by atoms with Gasteiger partial charge in [0.1, 0.15) is 5.82 Å². The van der Waals surface area contributed by atoms with E-state index in [9.17, 15) is 17.6 Å². The van der Waals surface area contributed by atoms with Crippen LogP contribution in [0.1, 0.15) is 22.0 Å². The smallest absolute Gasteiger partial charge is 0.251 e. The molecule has 8 heteroatoms. The molecule has 0 spiro atoms. The molecule has 0 aliphatic carbocycles. The lowest BCUT2D eigenvalue weighted by Gasteiger charge is -2.25. The largest absolute Gasteiger partial charge is 0.350 e. The molecule has 140 valence electrons. The second-order valence-electron chi connectivity index (χ2n) is 6.16. The van der Waals surface area contributed by atoms with Crippen LogP contribution in [0.5, 0.6) is 0 Å². The zero-order chi connectivity index (χ0) is 19.5. The summed E-state index contributed by atoms with van der Waals surface area (Å²) >= 11 is 5.90. The highest BCUT2D eigenvalue weighted by atomic mass is 35.5. The number of nitrogens with one attached hydrogen (secondary N) is 1. The molecule has 2 aromatic carbocycles. The first kappa shape index (κ1) is 20.4. The van der Waals surface area contributed by atoms with Crippen molar-refractivity contribution in [3.05, 3.63) is 64.4 Å². The molecule has 0 fully saturated rings. The topological polar surface area (TPSA) is 66.5 Å². The van der Waals surface area contributed by atoms with Gasteiger partial charge in [0.15, 0.2) is 9.84 Å². The lowest BCUT2D eigenvalue weighted by Crippen LogP contribution is -2.34. The van der Waals surface area contributed by atoms with Gasteiger partial charge in [0.05, 0.1) is 16.0 Å². The van der Waals surface area contributed by atoms with Crippen molar-refractivity contribution >= 4 is 27.3 Å². The van der Waals surface area contributed by atoms with Gasteiger partial charge < -0.3 is 10.2 Å². The van der Waals surface area contributed by atoms with Gasteiger partial charge in [-0.2, -0.15) is 0 Å². The molecule has 5 nitrogen and oxygen atoms in total. The van der Waals surface area contributed by atoms with Crippen LogP contribution in [0.4, 0.5) is 4.39 Å². The van der Waals surface area contributed by atoms with Gasteiger partial charge in [-0.25, -0.2) is 12.8 Å². The van der Waals surface area contributed by atoms with E-state index in [-0.39, 0.29) is 33.9 Å². The molecule has 0 aliphatic rings. The molecule has 0 aromatic heterocycles. The third-order valence-electron chi connectivity index (χ3n) is 3.91. The number of likely N-dealkylation sites (N-methyl/N-ethyl adjacent to an activating group) is 1. The number of hydrogen-bond acceptors (Lipinski definition) is 4. The Kier molecular flexibility index (Phi) is 6.39. The molecule has 1 unspecified atom stereocenters. The molecule has 1 N–H and O–H groups in total. The van der Waals surface area contributed by atoms with Crippen molar-refractivity contribution in [3.8, 4) is 0 Å². The standard InChI is InChI=1S/C18H20ClFN2O3S/c1-22(2)16(12-5-4-6-14(20)9-12)11-21-18(23)13-7-8-15(19)17(10-13)26(3,24)25/h4-10,16H,11H2,1-3H3,(H,21,23). The van der Waals surface area contributed by atoms with Gasteiger partial charge in [-0.1, -0.05) is 23.7 Å². The Hall–Kier alpha value is -1.96. The Morgan fingerprint density at radius 2 is 1.92 bits per heavy atom. The third-order valence-corrected chi connectivity index (χ3v) is 5.48. The molecule has 0 saturated heterocycles. The molecule has 2 rings (SSSR count). The van der Waals surface area contributed by atoms with E-state index in [1.165, 1.54) is 30.3 Å². The maximum absolute atomic E-state index is 13.5. The fraction of sp³-hybridized carbons (Fsp3) is 0.278. The molecular formula is C18H20ClFN2O3S. The molecule has 2 aromatic rings. The Morgan fingerprint density at radius 3 is 2.50 bits per heavy atom. The number of nitrogens with zero attached hydrogens (tertiary/aromatic N) is 1.